The molecule has 0 fully saturated rings. The molecule has 0 amide bonds. The van der Waals surface area contributed by atoms with Crippen molar-refractivity contribution < 1.29 is 33.7 Å². The topological polar surface area (TPSA) is 99.1 Å². The maximum Gasteiger partial charge on any atom is 0.305 e. The quantitative estimate of drug-likeness (QED) is 0.450. The summed E-state index contributed by atoms with van der Waals surface area (Å²) in [4.78, 5) is 32.5. The molecule has 0 rings (SSSR count). The number of hydrogen-bond donors (Lipinski definition) is 1. The number of aliphatic carboxylic acids is 1. The molecule has 0 aliphatic rings. The Balaban J connectivity index is 4.06. The molecule has 0 heterocycles. The molecule has 7 heteroatoms. The Morgan fingerprint density at radius 3 is 1.90 bits per heavy atom. The fourth-order valence-electron chi connectivity index (χ4n) is 1.19. The van der Waals surface area contributed by atoms with E-state index in [9.17, 15) is 14.4 Å². The minimum Gasteiger partial charge on any atom is -0.481 e. The Labute approximate surface area is 118 Å². The van der Waals surface area contributed by atoms with Gasteiger partial charge in [0.25, 0.3) is 0 Å². The van der Waals surface area contributed by atoms with Gasteiger partial charge in [-0.1, -0.05) is 13.8 Å². The molecule has 20 heavy (non-hydrogen) atoms. The number of hydrogen-bond acceptors (Lipinski definition) is 6. The van der Waals surface area contributed by atoms with Crippen LogP contribution >= 0.6 is 0 Å². The largest absolute Gasteiger partial charge is 0.481 e. The molecule has 0 atom stereocenters. The third kappa shape index (κ3) is 10.3. The summed E-state index contributed by atoms with van der Waals surface area (Å²) in [6.45, 7) is 3.50. The van der Waals surface area contributed by atoms with Crippen LogP contribution in [0.15, 0.2) is 0 Å². The first-order chi connectivity index (χ1) is 9.49. The van der Waals surface area contributed by atoms with Crippen molar-refractivity contribution in [2.75, 3.05) is 19.8 Å². The number of carboxylic acids is 1. The van der Waals surface area contributed by atoms with E-state index >= 15 is 0 Å². The van der Waals surface area contributed by atoms with E-state index in [0.29, 0.717) is 6.42 Å². The van der Waals surface area contributed by atoms with Crippen molar-refractivity contribution in [3.8, 4) is 0 Å². The second kappa shape index (κ2) is 11.2. The van der Waals surface area contributed by atoms with E-state index in [1.807, 2.05) is 0 Å². The van der Waals surface area contributed by atoms with Crippen LogP contribution in [0.4, 0.5) is 0 Å². The molecule has 0 aliphatic carbocycles. The summed E-state index contributed by atoms with van der Waals surface area (Å²) >= 11 is 0. The first kappa shape index (κ1) is 18.4. The van der Waals surface area contributed by atoms with E-state index in [-0.39, 0.29) is 51.0 Å². The highest BCUT2D eigenvalue weighted by atomic mass is 16.6. The normalized spacial score (nSPS) is 10.3. The number of carbonyl (C=O) groups excluding carboxylic acids is 2. The van der Waals surface area contributed by atoms with Crippen LogP contribution in [0.5, 0.6) is 0 Å². The Bertz CT molecular complexity index is 294. The van der Waals surface area contributed by atoms with Gasteiger partial charge in [-0.05, 0) is 6.42 Å². The predicted molar refractivity (Wildman–Crippen MR) is 69.1 cm³/mol. The molecule has 0 aromatic heterocycles. The first-order valence-electron chi connectivity index (χ1n) is 6.64. The molecule has 0 aromatic rings. The van der Waals surface area contributed by atoms with Crippen molar-refractivity contribution >= 4 is 17.9 Å². The van der Waals surface area contributed by atoms with Gasteiger partial charge < -0.3 is 19.3 Å². The summed E-state index contributed by atoms with van der Waals surface area (Å²) in [6, 6.07) is 0. The molecule has 0 aromatic carbocycles. The third-order valence-electron chi connectivity index (χ3n) is 2.33. The number of carboxylic acid groups (broad SMARTS) is 1. The van der Waals surface area contributed by atoms with Crippen LogP contribution in [-0.2, 0) is 28.6 Å². The summed E-state index contributed by atoms with van der Waals surface area (Å²) in [7, 11) is 0. The summed E-state index contributed by atoms with van der Waals surface area (Å²) in [5.74, 6) is -1.64. The van der Waals surface area contributed by atoms with Gasteiger partial charge >= 0.3 is 17.9 Å². The van der Waals surface area contributed by atoms with Gasteiger partial charge in [0, 0.05) is 25.9 Å². The Morgan fingerprint density at radius 1 is 1.00 bits per heavy atom. The van der Waals surface area contributed by atoms with Crippen molar-refractivity contribution in [3.05, 3.63) is 0 Å². The molecule has 0 unspecified atom stereocenters. The van der Waals surface area contributed by atoms with E-state index < -0.39 is 12.1 Å². The van der Waals surface area contributed by atoms with E-state index in [0.717, 1.165) is 0 Å². The van der Waals surface area contributed by atoms with Crippen LogP contribution in [0.2, 0.25) is 0 Å². The molecule has 0 saturated carbocycles. The van der Waals surface area contributed by atoms with Crippen molar-refractivity contribution in [2.24, 2.45) is 0 Å². The van der Waals surface area contributed by atoms with Gasteiger partial charge in [0.2, 0.25) is 0 Å². The molecule has 0 bridgehead atoms. The van der Waals surface area contributed by atoms with Crippen LogP contribution < -0.4 is 0 Å². The van der Waals surface area contributed by atoms with E-state index in [2.05, 4.69) is 0 Å². The van der Waals surface area contributed by atoms with Crippen LogP contribution in [0.25, 0.3) is 0 Å². The van der Waals surface area contributed by atoms with Crippen molar-refractivity contribution in [2.45, 2.75) is 45.6 Å². The maximum absolute atomic E-state index is 11.1. The van der Waals surface area contributed by atoms with E-state index in [4.69, 9.17) is 19.3 Å². The smallest absolute Gasteiger partial charge is 0.305 e. The molecule has 0 aliphatic heterocycles. The molecular formula is C13H22O7. The molecule has 0 radical (unpaired) electrons. The number of esters is 2. The minimum atomic E-state index is -0.903. The van der Waals surface area contributed by atoms with Gasteiger partial charge in [-0.3, -0.25) is 14.4 Å². The van der Waals surface area contributed by atoms with Crippen LogP contribution in [-0.4, -0.2) is 48.9 Å². The minimum absolute atomic E-state index is 0.00375. The van der Waals surface area contributed by atoms with E-state index in [1.165, 1.54) is 0 Å². The molecule has 0 spiro atoms. The standard InChI is InChI=1S/C13H22O7/c1-3-12(16)19-8-10(9-20-13(17)4-2)18-7-5-6-11(14)15/h10H,3-9H2,1-2H3,(H,14,15). The summed E-state index contributed by atoms with van der Waals surface area (Å²) < 4.78 is 15.2. The third-order valence-corrected chi connectivity index (χ3v) is 2.33. The predicted octanol–water partition coefficient (Wildman–Crippen LogP) is 1.14. The van der Waals surface area contributed by atoms with Crippen molar-refractivity contribution in [1.82, 2.24) is 0 Å². The van der Waals surface area contributed by atoms with Gasteiger partial charge in [-0.15, -0.1) is 0 Å². The fourth-order valence-corrected chi connectivity index (χ4v) is 1.19. The highest BCUT2D eigenvalue weighted by Gasteiger charge is 2.14. The molecule has 116 valence electrons. The molecular weight excluding hydrogens is 268 g/mol. The Morgan fingerprint density at radius 2 is 1.50 bits per heavy atom. The van der Waals surface area contributed by atoms with Gasteiger partial charge in [-0.25, -0.2) is 0 Å². The highest BCUT2D eigenvalue weighted by molar-refractivity contribution is 5.69. The number of carbonyl (C=O) groups is 3. The lowest BCUT2D eigenvalue weighted by atomic mass is 10.3. The molecule has 1 N–H and O–H groups in total. The average molecular weight is 290 g/mol. The highest BCUT2D eigenvalue weighted by Crippen LogP contribution is 2.01. The average Bonchev–Trinajstić information content (AvgIpc) is 2.44. The molecule has 0 saturated heterocycles. The first-order valence-corrected chi connectivity index (χ1v) is 6.64. The second-order valence-electron chi connectivity index (χ2n) is 4.06. The summed E-state index contributed by atoms with van der Waals surface area (Å²) in [6.07, 6.45) is 0.265. The lowest BCUT2D eigenvalue weighted by Crippen LogP contribution is -2.29. The van der Waals surface area contributed by atoms with Crippen LogP contribution in [0, 0.1) is 0 Å². The van der Waals surface area contributed by atoms with Crippen molar-refractivity contribution in [3.63, 3.8) is 0 Å². The van der Waals surface area contributed by atoms with Crippen molar-refractivity contribution in [1.29, 1.82) is 0 Å². The molecule has 7 nitrogen and oxygen atoms in total. The summed E-state index contributed by atoms with van der Waals surface area (Å²) in [5, 5.41) is 8.50. The SMILES string of the molecule is CCC(=O)OCC(COC(=O)CC)OCCCC(=O)O. The van der Waals surface area contributed by atoms with E-state index in [1.54, 1.807) is 13.8 Å². The lowest BCUT2D eigenvalue weighted by Gasteiger charge is -2.17. The van der Waals surface area contributed by atoms with Gasteiger partial charge in [0.1, 0.15) is 19.3 Å². The zero-order chi connectivity index (χ0) is 15.4. The van der Waals surface area contributed by atoms with Gasteiger partial charge in [0.15, 0.2) is 0 Å². The zero-order valence-electron chi connectivity index (χ0n) is 11.9. The van der Waals surface area contributed by atoms with Crippen LogP contribution in [0.1, 0.15) is 39.5 Å². The lowest BCUT2D eigenvalue weighted by molar-refractivity contribution is -0.154. The fraction of sp³-hybridized carbons (Fsp3) is 0.769. The Kier molecular flexibility index (Phi) is 10.3. The zero-order valence-corrected chi connectivity index (χ0v) is 11.9. The van der Waals surface area contributed by atoms with Gasteiger partial charge in [0.05, 0.1) is 0 Å². The number of rotatable bonds is 11. The summed E-state index contributed by atoms with van der Waals surface area (Å²) in [5.41, 5.74) is 0. The monoisotopic (exact) mass is 290 g/mol. The second-order valence-corrected chi connectivity index (χ2v) is 4.06. The van der Waals surface area contributed by atoms with Crippen LogP contribution in [0.3, 0.4) is 0 Å². The maximum atomic E-state index is 11.1. The Hall–Kier alpha value is -1.63. The number of ether oxygens (including phenoxy) is 3. The van der Waals surface area contributed by atoms with Gasteiger partial charge in [-0.2, -0.15) is 0 Å².